The van der Waals surface area contributed by atoms with Gasteiger partial charge in [0.25, 0.3) is 0 Å². The van der Waals surface area contributed by atoms with Crippen molar-refractivity contribution in [2.75, 3.05) is 5.32 Å². The van der Waals surface area contributed by atoms with E-state index in [2.05, 4.69) is 36.2 Å². The van der Waals surface area contributed by atoms with E-state index in [4.69, 9.17) is 0 Å². The minimum atomic E-state index is -0.760. The molecule has 3 aromatic carbocycles. The molecule has 0 spiro atoms. The Balaban J connectivity index is 1.33. The molecule has 0 unspecified atom stereocenters. The Morgan fingerprint density at radius 3 is 2.60 bits per heavy atom. The van der Waals surface area contributed by atoms with E-state index >= 15 is 0 Å². The highest BCUT2D eigenvalue weighted by molar-refractivity contribution is 5.98. The highest BCUT2D eigenvalue weighted by atomic mass is 16.2. The summed E-state index contributed by atoms with van der Waals surface area (Å²) in [5.41, 5.74) is 4.07. The number of aromatic nitrogens is 5. The van der Waals surface area contributed by atoms with Gasteiger partial charge < -0.3 is 15.6 Å². The van der Waals surface area contributed by atoms with Crippen LogP contribution < -0.4 is 10.6 Å². The molecule has 0 aliphatic carbocycles. The number of amides is 2. The van der Waals surface area contributed by atoms with Crippen LogP contribution in [0.4, 0.5) is 5.69 Å². The summed E-state index contributed by atoms with van der Waals surface area (Å²) in [6.07, 6.45) is 2.35. The van der Waals surface area contributed by atoms with E-state index in [1.807, 2.05) is 66.9 Å². The highest BCUT2D eigenvalue weighted by Crippen LogP contribution is 2.20. The first kappa shape index (κ1) is 22.0. The first-order chi connectivity index (χ1) is 17.2. The van der Waals surface area contributed by atoms with Gasteiger partial charge in [-0.05, 0) is 34.5 Å². The van der Waals surface area contributed by atoms with Crippen LogP contribution in [0.3, 0.4) is 0 Å². The van der Waals surface area contributed by atoms with Crippen LogP contribution in [0.25, 0.3) is 22.3 Å². The maximum Gasteiger partial charge on any atom is 0.247 e. The number of H-pyrrole nitrogens is 2. The SMILES string of the molecule is O=C(Cc1c[nH]c2ccccc12)N[C@@H](Cc1ccccc1)C(=O)Nc1cccc(-c2nn[nH]n2)c1. The molecule has 0 radical (unpaired) electrons. The third-order valence-corrected chi connectivity index (χ3v) is 5.69. The number of rotatable bonds is 8. The fourth-order valence-corrected chi connectivity index (χ4v) is 4.00. The van der Waals surface area contributed by atoms with Gasteiger partial charge in [0.2, 0.25) is 17.6 Å². The summed E-state index contributed by atoms with van der Waals surface area (Å²) in [4.78, 5) is 29.5. The number of hydrogen-bond acceptors (Lipinski definition) is 5. The number of fused-ring (bicyclic) bond motifs is 1. The Labute approximate surface area is 201 Å². The van der Waals surface area contributed by atoms with Crippen LogP contribution in [0, 0.1) is 0 Å². The Kier molecular flexibility index (Phi) is 6.29. The first-order valence-corrected chi connectivity index (χ1v) is 11.2. The van der Waals surface area contributed by atoms with Crippen molar-refractivity contribution in [1.82, 2.24) is 30.9 Å². The minimum Gasteiger partial charge on any atom is -0.361 e. The van der Waals surface area contributed by atoms with E-state index in [1.165, 1.54) is 0 Å². The second-order valence-corrected chi connectivity index (χ2v) is 8.15. The number of benzene rings is 3. The maximum atomic E-state index is 13.3. The van der Waals surface area contributed by atoms with Gasteiger partial charge in [-0.15, -0.1) is 10.2 Å². The quantitative estimate of drug-likeness (QED) is 0.280. The number of anilines is 1. The number of para-hydroxylation sites is 1. The van der Waals surface area contributed by atoms with Gasteiger partial charge in [0.15, 0.2) is 0 Å². The second kappa shape index (κ2) is 10.0. The van der Waals surface area contributed by atoms with E-state index in [1.54, 1.807) is 18.2 Å². The summed E-state index contributed by atoms with van der Waals surface area (Å²) in [6.45, 7) is 0. The molecule has 9 nitrogen and oxygen atoms in total. The van der Waals surface area contributed by atoms with Gasteiger partial charge in [-0.3, -0.25) is 9.59 Å². The molecule has 2 heterocycles. The van der Waals surface area contributed by atoms with Crippen molar-refractivity contribution in [1.29, 1.82) is 0 Å². The molecule has 0 aliphatic rings. The molecule has 0 fully saturated rings. The largest absolute Gasteiger partial charge is 0.361 e. The summed E-state index contributed by atoms with van der Waals surface area (Å²) in [5, 5.41) is 20.8. The number of aromatic amines is 2. The lowest BCUT2D eigenvalue weighted by Crippen LogP contribution is -2.45. The summed E-state index contributed by atoms with van der Waals surface area (Å²) in [6, 6.07) is 23.8. The smallest absolute Gasteiger partial charge is 0.247 e. The van der Waals surface area contributed by atoms with E-state index in [0.717, 1.165) is 22.0 Å². The predicted molar refractivity (Wildman–Crippen MR) is 132 cm³/mol. The lowest BCUT2D eigenvalue weighted by Gasteiger charge is -2.19. The number of nitrogens with zero attached hydrogens (tertiary/aromatic N) is 3. The molecular weight excluding hydrogens is 442 g/mol. The number of tetrazole rings is 1. The third-order valence-electron chi connectivity index (χ3n) is 5.69. The molecule has 4 N–H and O–H groups in total. The summed E-state index contributed by atoms with van der Waals surface area (Å²) in [7, 11) is 0. The van der Waals surface area contributed by atoms with Crippen molar-refractivity contribution in [3.8, 4) is 11.4 Å². The topological polar surface area (TPSA) is 128 Å². The minimum absolute atomic E-state index is 0.163. The molecule has 9 heteroatoms. The molecule has 1 atom stereocenters. The zero-order valence-electron chi connectivity index (χ0n) is 18.7. The highest BCUT2D eigenvalue weighted by Gasteiger charge is 2.22. The van der Waals surface area contributed by atoms with Gasteiger partial charge in [-0.1, -0.05) is 60.7 Å². The second-order valence-electron chi connectivity index (χ2n) is 8.15. The zero-order valence-corrected chi connectivity index (χ0v) is 18.7. The van der Waals surface area contributed by atoms with Crippen LogP contribution >= 0.6 is 0 Å². The van der Waals surface area contributed by atoms with Gasteiger partial charge >= 0.3 is 0 Å². The van der Waals surface area contributed by atoms with Crippen molar-refractivity contribution in [3.63, 3.8) is 0 Å². The number of hydrogen-bond donors (Lipinski definition) is 4. The molecule has 174 valence electrons. The van der Waals surface area contributed by atoms with Crippen LogP contribution in [0.1, 0.15) is 11.1 Å². The van der Waals surface area contributed by atoms with Crippen molar-refractivity contribution in [2.45, 2.75) is 18.9 Å². The standard InChI is InChI=1S/C26H23N7O2/c34-24(15-19-16-27-22-12-5-4-11-21(19)22)29-23(13-17-7-2-1-3-8-17)26(35)28-20-10-6-9-18(14-20)25-30-32-33-31-25/h1-12,14,16,23,27H,13,15H2,(H,28,35)(H,29,34)(H,30,31,32,33)/t23-/m0/s1. The average Bonchev–Trinajstić information content (AvgIpc) is 3.55. The lowest BCUT2D eigenvalue weighted by molar-refractivity contribution is -0.126. The molecule has 0 saturated heterocycles. The molecule has 35 heavy (non-hydrogen) atoms. The van der Waals surface area contributed by atoms with E-state index in [9.17, 15) is 9.59 Å². The molecule has 5 rings (SSSR count). The summed E-state index contributed by atoms with van der Waals surface area (Å²) >= 11 is 0. The van der Waals surface area contributed by atoms with Crippen molar-refractivity contribution < 1.29 is 9.59 Å². The molecular formula is C26H23N7O2. The van der Waals surface area contributed by atoms with E-state index in [0.29, 0.717) is 23.5 Å². The van der Waals surface area contributed by atoms with Crippen LogP contribution in [0.5, 0.6) is 0 Å². The molecule has 0 bridgehead atoms. The third kappa shape index (κ3) is 5.25. The summed E-state index contributed by atoms with van der Waals surface area (Å²) in [5.74, 6) is -0.119. The van der Waals surface area contributed by atoms with Crippen LogP contribution in [-0.2, 0) is 22.4 Å². The molecule has 5 aromatic rings. The molecule has 0 aliphatic heterocycles. The van der Waals surface area contributed by atoms with Crippen LogP contribution in [0.2, 0.25) is 0 Å². The fourth-order valence-electron chi connectivity index (χ4n) is 4.00. The van der Waals surface area contributed by atoms with Crippen molar-refractivity contribution in [3.05, 3.63) is 96.2 Å². The molecule has 0 saturated carbocycles. The Bertz CT molecular complexity index is 1450. The summed E-state index contributed by atoms with van der Waals surface area (Å²) < 4.78 is 0. The Morgan fingerprint density at radius 2 is 1.77 bits per heavy atom. The predicted octanol–water partition coefficient (Wildman–Crippen LogP) is 3.26. The molecule has 2 aromatic heterocycles. The van der Waals surface area contributed by atoms with Gasteiger partial charge in [0.05, 0.1) is 6.42 Å². The number of carbonyl (C=O) groups excluding carboxylic acids is 2. The lowest BCUT2D eigenvalue weighted by atomic mass is 10.0. The van der Waals surface area contributed by atoms with Crippen LogP contribution in [0.15, 0.2) is 85.1 Å². The zero-order chi connectivity index (χ0) is 24.0. The average molecular weight is 466 g/mol. The van der Waals surface area contributed by atoms with E-state index < -0.39 is 6.04 Å². The van der Waals surface area contributed by atoms with E-state index in [-0.39, 0.29) is 18.2 Å². The fraction of sp³-hybridized carbons (Fsp3) is 0.115. The van der Waals surface area contributed by atoms with Crippen molar-refractivity contribution in [2.24, 2.45) is 0 Å². The monoisotopic (exact) mass is 465 g/mol. The van der Waals surface area contributed by atoms with Gasteiger partial charge in [-0.2, -0.15) is 5.21 Å². The van der Waals surface area contributed by atoms with Gasteiger partial charge in [0.1, 0.15) is 6.04 Å². The van der Waals surface area contributed by atoms with Gasteiger partial charge in [-0.25, -0.2) is 0 Å². The normalized spacial score (nSPS) is 11.8. The molecule has 2 amide bonds. The Morgan fingerprint density at radius 1 is 0.943 bits per heavy atom. The Hall–Kier alpha value is -4.79. The van der Waals surface area contributed by atoms with Crippen molar-refractivity contribution >= 4 is 28.4 Å². The maximum absolute atomic E-state index is 13.3. The number of carbonyl (C=O) groups is 2. The number of nitrogens with one attached hydrogen (secondary N) is 4. The van der Waals surface area contributed by atoms with Crippen LogP contribution in [-0.4, -0.2) is 43.5 Å². The first-order valence-electron chi connectivity index (χ1n) is 11.2. The van der Waals surface area contributed by atoms with Gasteiger partial charge in [0, 0.05) is 34.8 Å².